The number of anilines is 1. The third kappa shape index (κ3) is 1.76. The number of nitrogens with zero attached hydrogens (tertiary/aromatic N) is 5. The summed E-state index contributed by atoms with van der Waals surface area (Å²) >= 11 is 0. The highest BCUT2D eigenvalue weighted by atomic mass is 16.2. The minimum atomic E-state index is -0.0793. The lowest BCUT2D eigenvalue weighted by Gasteiger charge is -2.11. The van der Waals surface area contributed by atoms with E-state index in [9.17, 15) is 4.79 Å². The molecule has 1 aromatic carbocycles. The van der Waals surface area contributed by atoms with Crippen LogP contribution in [0.5, 0.6) is 0 Å². The van der Waals surface area contributed by atoms with Crippen molar-refractivity contribution in [1.29, 1.82) is 0 Å². The summed E-state index contributed by atoms with van der Waals surface area (Å²) in [6.45, 7) is 6.16. The first-order chi connectivity index (χ1) is 10.7. The lowest BCUT2D eigenvalue weighted by molar-refractivity contribution is 0.0983. The zero-order valence-corrected chi connectivity index (χ0v) is 12.7. The van der Waals surface area contributed by atoms with Crippen molar-refractivity contribution in [2.75, 3.05) is 11.4 Å². The number of hydrogen-bond donors (Lipinski definition) is 0. The Hall–Kier alpha value is -2.63. The summed E-state index contributed by atoms with van der Waals surface area (Å²) in [7, 11) is 0. The Morgan fingerprint density at radius 1 is 1.27 bits per heavy atom. The van der Waals surface area contributed by atoms with Crippen LogP contribution in [-0.4, -0.2) is 31.8 Å². The van der Waals surface area contributed by atoms with Gasteiger partial charge >= 0.3 is 0 Å². The van der Waals surface area contributed by atoms with Crippen molar-refractivity contribution in [1.82, 2.24) is 19.3 Å². The molecule has 0 fully saturated rings. The summed E-state index contributed by atoms with van der Waals surface area (Å²) in [6, 6.07) is 9.81. The molecule has 2 aromatic heterocycles. The van der Waals surface area contributed by atoms with Gasteiger partial charge in [-0.1, -0.05) is 12.1 Å². The molecule has 0 N–H and O–H groups in total. The molecule has 0 atom stereocenters. The highest BCUT2D eigenvalue weighted by Gasteiger charge is 2.30. The molecule has 0 aliphatic carbocycles. The highest BCUT2D eigenvalue weighted by Crippen LogP contribution is 2.28. The number of aromatic nitrogens is 4. The fourth-order valence-corrected chi connectivity index (χ4v) is 3.05. The van der Waals surface area contributed by atoms with Crippen LogP contribution in [0.15, 0.2) is 30.3 Å². The number of hydrogen-bond acceptors (Lipinski definition) is 3. The molecule has 4 rings (SSSR count). The van der Waals surface area contributed by atoms with E-state index < -0.39 is 0 Å². The second-order valence-electron chi connectivity index (χ2n) is 5.50. The topological polar surface area (TPSA) is 56.0 Å². The van der Waals surface area contributed by atoms with Gasteiger partial charge in [0.2, 0.25) is 5.95 Å². The fraction of sp³-hybridized carbons (Fsp3) is 0.312. The van der Waals surface area contributed by atoms with Crippen molar-refractivity contribution in [2.24, 2.45) is 0 Å². The molecular weight excluding hydrogens is 278 g/mol. The van der Waals surface area contributed by atoms with Gasteiger partial charge in [-0.2, -0.15) is 5.10 Å². The number of imidazole rings is 1. The average molecular weight is 295 g/mol. The number of carbonyl (C=O) groups excluding carboxylic acids is 1. The summed E-state index contributed by atoms with van der Waals surface area (Å²) in [5, 5.41) is 4.39. The molecule has 3 heterocycles. The van der Waals surface area contributed by atoms with Crippen molar-refractivity contribution < 1.29 is 4.79 Å². The van der Waals surface area contributed by atoms with Crippen molar-refractivity contribution in [3.8, 4) is 0 Å². The Labute approximate surface area is 128 Å². The van der Waals surface area contributed by atoms with Crippen molar-refractivity contribution in [3.05, 3.63) is 41.7 Å². The van der Waals surface area contributed by atoms with Crippen LogP contribution in [0, 0.1) is 6.92 Å². The van der Waals surface area contributed by atoms with Gasteiger partial charge in [0.15, 0.2) is 5.69 Å². The van der Waals surface area contributed by atoms with Gasteiger partial charge in [0.25, 0.3) is 5.91 Å². The molecule has 0 radical (unpaired) electrons. The predicted molar refractivity (Wildman–Crippen MR) is 84.0 cm³/mol. The Kier molecular flexibility index (Phi) is 2.79. The minimum absolute atomic E-state index is 0.0793. The van der Waals surface area contributed by atoms with E-state index in [0.29, 0.717) is 12.2 Å². The van der Waals surface area contributed by atoms with Gasteiger partial charge in [-0.05, 0) is 32.0 Å². The van der Waals surface area contributed by atoms with Crippen molar-refractivity contribution >= 4 is 22.9 Å². The maximum atomic E-state index is 12.8. The molecule has 0 saturated carbocycles. The third-order valence-electron chi connectivity index (χ3n) is 4.17. The van der Waals surface area contributed by atoms with Gasteiger partial charge in [0.05, 0.1) is 11.0 Å². The Balaban J connectivity index is 1.74. The Bertz CT molecular complexity index is 876. The minimum Gasteiger partial charge on any atom is -0.308 e. The lowest BCUT2D eigenvalue weighted by Crippen LogP contribution is -2.29. The first kappa shape index (κ1) is 13.1. The summed E-state index contributed by atoms with van der Waals surface area (Å²) in [5.74, 6) is 0.638. The standard InChI is InChI=1S/C16H17N5O/c1-3-21-11(2)10-13(18-21)15(22)20-9-8-19-14-7-5-4-6-12(14)17-16(19)20/h4-7,10H,3,8-9H2,1-2H3. The van der Waals surface area contributed by atoms with Gasteiger partial charge in [0, 0.05) is 25.3 Å². The number of fused-ring (bicyclic) bond motifs is 3. The number of rotatable bonds is 2. The van der Waals surface area contributed by atoms with E-state index in [2.05, 4.69) is 14.6 Å². The third-order valence-corrected chi connectivity index (χ3v) is 4.17. The van der Waals surface area contributed by atoms with Crippen LogP contribution in [0.4, 0.5) is 5.95 Å². The second-order valence-corrected chi connectivity index (χ2v) is 5.50. The monoisotopic (exact) mass is 295 g/mol. The number of para-hydroxylation sites is 2. The molecule has 112 valence electrons. The number of amides is 1. The van der Waals surface area contributed by atoms with E-state index in [-0.39, 0.29) is 5.91 Å². The van der Waals surface area contributed by atoms with Crippen LogP contribution in [0.1, 0.15) is 23.1 Å². The summed E-state index contributed by atoms with van der Waals surface area (Å²) < 4.78 is 3.93. The zero-order valence-electron chi connectivity index (χ0n) is 12.7. The summed E-state index contributed by atoms with van der Waals surface area (Å²) in [5.41, 5.74) is 3.48. The molecular formula is C16H17N5O. The molecule has 6 heteroatoms. The maximum Gasteiger partial charge on any atom is 0.281 e. The smallest absolute Gasteiger partial charge is 0.281 e. The van der Waals surface area contributed by atoms with Crippen molar-refractivity contribution in [2.45, 2.75) is 26.9 Å². The molecule has 0 bridgehead atoms. The van der Waals surface area contributed by atoms with E-state index in [1.807, 2.05) is 48.9 Å². The molecule has 0 unspecified atom stereocenters. The number of benzene rings is 1. The van der Waals surface area contributed by atoms with Crippen LogP contribution in [-0.2, 0) is 13.1 Å². The fourth-order valence-electron chi connectivity index (χ4n) is 3.05. The molecule has 1 aliphatic heterocycles. The lowest BCUT2D eigenvalue weighted by atomic mass is 10.3. The molecule has 1 amide bonds. The quantitative estimate of drug-likeness (QED) is 0.728. The molecule has 0 spiro atoms. The maximum absolute atomic E-state index is 12.8. The number of carbonyl (C=O) groups is 1. The molecule has 22 heavy (non-hydrogen) atoms. The normalized spacial score (nSPS) is 13.8. The average Bonchev–Trinajstić information content (AvgIpc) is 3.19. The molecule has 6 nitrogen and oxygen atoms in total. The number of aryl methyl sites for hydroxylation is 2. The van der Waals surface area contributed by atoms with Gasteiger partial charge in [0.1, 0.15) is 0 Å². The van der Waals surface area contributed by atoms with E-state index in [0.717, 1.165) is 35.8 Å². The van der Waals surface area contributed by atoms with Crippen molar-refractivity contribution in [3.63, 3.8) is 0 Å². The zero-order chi connectivity index (χ0) is 15.3. The van der Waals surface area contributed by atoms with Crippen LogP contribution in [0.25, 0.3) is 11.0 Å². The van der Waals surface area contributed by atoms with Crippen LogP contribution < -0.4 is 4.90 Å². The molecule has 1 aliphatic rings. The Morgan fingerprint density at radius 3 is 2.86 bits per heavy atom. The molecule has 3 aromatic rings. The van der Waals surface area contributed by atoms with E-state index in [4.69, 9.17) is 0 Å². The SMILES string of the molecule is CCn1nc(C(=O)N2CCn3c2nc2ccccc23)cc1C. The van der Waals surface area contributed by atoms with Gasteiger partial charge in [-0.15, -0.1) is 0 Å². The van der Waals surface area contributed by atoms with E-state index in [1.54, 1.807) is 4.90 Å². The molecule has 0 saturated heterocycles. The van der Waals surface area contributed by atoms with Crippen LogP contribution in [0.3, 0.4) is 0 Å². The van der Waals surface area contributed by atoms with E-state index in [1.165, 1.54) is 0 Å². The highest BCUT2D eigenvalue weighted by molar-refractivity contribution is 6.05. The van der Waals surface area contributed by atoms with Gasteiger partial charge in [-0.25, -0.2) is 4.98 Å². The van der Waals surface area contributed by atoms with Gasteiger partial charge in [-0.3, -0.25) is 14.4 Å². The predicted octanol–water partition coefficient (Wildman–Crippen LogP) is 2.22. The first-order valence-electron chi connectivity index (χ1n) is 7.50. The van der Waals surface area contributed by atoms with Crippen LogP contribution >= 0.6 is 0 Å². The summed E-state index contributed by atoms with van der Waals surface area (Å²) in [4.78, 5) is 19.1. The first-order valence-corrected chi connectivity index (χ1v) is 7.50. The van der Waals surface area contributed by atoms with E-state index >= 15 is 0 Å². The largest absolute Gasteiger partial charge is 0.308 e. The van der Waals surface area contributed by atoms with Gasteiger partial charge < -0.3 is 4.57 Å². The Morgan fingerprint density at radius 2 is 2.09 bits per heavy atom. The van der Waals surface area contributed by atoms with Crippen LogP contribution in [0.2, 0.25) is 0 Å². The second kappa shape index (κ2) is 4.69. The summed E-state index contributed by atoms with van der Waals surface area (Å²) in [6.07, 6.45) is 0.